The van der Waals surface area contributed by atoms with Crippen LogP contribution < -0.4 is 4.74 Å². The van der Waals surface area contributed by atoms with E-state index in [1.807, 2.05) is 54.6 Å². The zero-order chi connectivity index (χ0) is 18.9. The monoisotopic (exact) mass is 370 g/mol. The van der Waals surface area contributed by atoms with Gasteiger partial charge >= 0.3 is 5.97 Å². The molecule has 0 spiro atoms. The molecule has 0 unspecified atom stereocenters. The summed E-state index contributed by atoms with van der Waals surface area (Å²) in [7, 11) is 1.39. The Balaban J connectivity index is 1.33. The van der Waals surface area contributed by atoms with E-state index in [0.717, 1.165) is 29.9 Å². The fourth-order valence-electron chi connectivity index (χ4n) is 2.99. The van der Waals surface area contributed by atoms with E-state index in [1.165, 1.54) is 7.11 Å². The van der Waals surface area contributed by atoms with Crippen LogP contribution in [-0.2, 0) is 25.6 Å². The van der Waals surface area contributed by atoms with E-state index in [-0.39, 0.29) is 12.1 Å². The number of methoxy groups -OCH3 is 1. The van der Waals surface area contributed by atoms with Gasteiger partial charge in [-0.15, -0.1) is 0 Å². The molecule has 1 aliphatic carbocycles. The number of esters is 1. The molecular weight excluding hydrogens is 344 g/mol. The molecule has 0 saturated heterocycles. The van der Waals surface area contributed by atoms with Crippen LogP contribution in [-0.4, -0.2) is 32.4 Å². The summed E-state index contributed by atoms with van der Waals surface area (Å²) in [5.74, 6) is 1.92. The zero-order valence-corrected chi connectivity index (χ0v) is 15.6. The highest BCUT2D eigenvalue weighted by Gasteiger charge is 2.29. The van der Waals surface area contributed by atoms with Crippen molar-refractivity contribution in [2.45, 2.75) is 32.0 Å². The fourth-order valence-corrected chi connectivity index (χ4v) is 2.99. The third kappa shape index (κ3) is 6.38. The molecule has 144 valence electrons. The highest BCUT2D eigenvalue weighted by atomic mass is 16.5. The summed E-state index contributed by atoms with van der Waals surface area (Å²) in [5, 5.41) is 0. The lowest BCUT2D eigenvalue weighted by Gasteiger charge is -2.34. The van der Waals surface area contributed by atoms with Crippen LogP contribution in [0.4, 0.5) is 0 Å². The van der Waals surface area contributed by atoms with Crippen LogP contribution in [0, 0.1) is 5.92 Å². The van der Waals surface area contributed by atoms with Crippen LogP contribution in [0.3, 0.4) is 0 Å². The Bertz CT molecular complexity index is 710. The summed E-state index contributed by atoms with van der Waals surface area (Å²) < 4.78 is 21.9. The number of hydrogen-bond acceptors (Lipinski definition) is 5. The van der Waals surface area contributed by atoms with Gasteiger partial charge in [0.05, 0.1) is 32.8 Å². The number of para-hydroxylation sites is 1. The van der Waals surface area contributed by atoms with Crippen LogP contribution in [0.15, 0.2) is 54.6 Å². The predicted octanol–water partition coefficient (Wildman–Crippen LogP) is 4.35. The van der Waals surface area contributed by atoms with E-state index in [2.05, 4.69) is 4.74 Å². The average molecular weight is 370 g/mol. The normalized spacial score (nSPS) is 18.6. The molecule has 5 heteroatoms. The summed E-state index contributed by atoms with van der Waals surface area (Å²) in [6.07, 6.45) is 2.58. The molecule has 0 heterocycles. The third-order valence-electron chi connectivity index (χ3n) is 4.59. The molecule has 0 radical (unpaired) electrons. The predicted molar refractivity (Wildman–Crippen MR) is 102 cm³/mol. The lowest BCUT2D eigenvalue weighted by Crippen LogP contribution is -2.34. The first-order valence-electron chi connectivity index (χ1n) is 9.31. The maximum atomic E-state index is 11.0. The number of ether oxygens (including phenoxy) is 4. The van der Waals surface area contributed by atoms with Crippen LogP contribution in [0.25, 0.3) is 0 Å². The maximum Gasteiger partial charge on any atom is 0.307 e. The van der Waals surface area contributed by atoms with Gasteiger partial charge in [0.15, 0.2) is 0 Å². The average Bonchev–Trinajstić information content (AvgIpc) is 2.66. The highest BCUT2D eigenvalue weighted by molar-refractivity contribution is 5.69. The van der Waals surface area contributed by atoms with Gasteiger partial charge < -0.3 is 18.9 Å². The van der Waals surface area contributed by atoms with E-state index in [4.69, 9.17) is 14.2 Å². The van der Waals surface area contributed by atoms with Crippen LogP contribution in [0.5, 0.6) is 11.5 Å². The van der Waals surface area contributed by atoms with Crippen molar-refractivity contribution in [1.82, 2.24) is 0 Å². The number of carbonyl (C=O) groups is 1. The van der Waals surface area contributed by atoms with E-state index in [9.17, 15) is 4.79 Å². The van der Waals surface area contributed by atoms with Gasteiger partial charge in [-0.1, -0.05) is 30.3 Å². The van der Waals surface area contributed by atoms with Gasteiger partial charge in [0, 0.05) is 6.61 Å². The molecule has 27 heavy (non-hydrogen) atoms. The fraction of sp³-hybridized carbons (Fsp3) is 0.409. The molecule has 0 bridgehead atoms. The topological polar surface area (TPSA) is 54.0 Å². The SMILES string of the molecule is COC(=O)CCOC[C@H]1C[C@@H](OCc2cccc(Oc3ccccc3)c2)C1. The van der Waals surface area contributed by atoms with Crippen molar-refractivity contribution in [2.75, 3.05) is 20.3 Å². The Morgan fingerprint density at radius 2 is 1.81 bits per heavy atom. The molecular formula is C22H26O5. The van der Waals surface area contributed by atoms with Crippen LogP contribution >= 0.6 is 0 Å². The molecule has 0 N–H and O–H groups in total. The second-order valence-corrected chi connectivity index (χ2v) is 6.73. The second-order valence-electron chi connectivity index (χ2n) is 6.73. The molecule has 2 aromatic carbocycles. The smallest absolute Gasteiger partial charge is 0.307 e. The van der Waals surface area contributed by atoms with Gasteiger partial charge in [-0.05, 0) is 48.6 Å². The Kier molecular flexibility index (Phi) is 7.25. The van der Waals surface area contributed by atoms with Gasteiger partial charge in [-0.3, -0.25) is 4.79 Å². The third-order valence-corrected chi connectivity index (χ3v) is 4.59. The number of hydrogen-bond donors (Lipinski definition) is 0. The van der Waals surface area contributed by atoms with Crippen molar-refractivity contribution >= 4 is 5.97 Å². The second kappa shape index (κ2) is 10.1. The summed E-state index contributed by atoms with van der Waals surface area (Å²) >= 11 is 0. The van der Waals surface area contributed by atoms with E-state index >= 15 is 0 Å². The maximum absolute atomic E-state index is 11.0. The quantitative estimate of drug-likeness (QED) is 0.460. The molecule has 5 nitrogen and oxygen atoms in total. The number of benzene rings is 2. The molecule has 0 aliphatic heterocycles. The molecule has 0 amide bonds. The first-order valence-corrected chi connectivity index (χ1v) is 9.31. The highest BCUT2D eigenvalue weighted by Crippen LogP contribution is 2.31. The number of rotatable bonds is 10. The van der Waals surface area contributed by atoms with Gasteiger partial charge in [-0.2, -0.15) is 0 Å². The van der Waals surface area contributed by atoms with Crippen LogP contribution in [0.1, 0.15) is 24.8 Å². The molecule has 1 fully saturated rings. The first-order chi connectivity index (χ1) is 13.2. The number of carbonyl (C=O) groups excluding carboxylic acids is 1. The van der Waals surface area contributed by atoms with Crippen molar-refractivity contribution < 1.29 is 23.7 Å². The Morgan fingerprint density at radius 3 is 2.59 bits per heavy atom. The van der Waals surface area contributed by atoms with Crippen molar-refractivity contribution in [3.05, 3.63) is 60.2 Å². The van der Waals surface area contributed by atoms with Gasteiger partial charge in [0.25, 0.3) is 0 Å². The Labute approximate surface area is 160 Å². The van der Waals surface area contributed by atoms with Gasteiger partial charge in [0.2, 0.25) is 0 Å². The standard InChI is InChI=1S/C22H26O5/c1-24-22(23)10-11-25-15-18-13-21(14-18)26-16-17-6-5-9-20(12-17)27-19-7-3-2-4-8-19/h2-9,12,18,21H,10-11,13-16H2,1H3/t18-,21+. The summed E-state index contributed by atoms with van der Waals surface area (Å²) in [4.78, 5) is 11.0. The molecule has 3 rings (SSSR count). The lowest BCUT2D eigenvalue weighted by molar-refractivity contribution is -0.142. The zero-order valence-electron chi connectivity index (χ0n) is 15.6. The van der Waals surface area contributed by atoms with E-state index in [1.54, 1.807) is 0 Å². The molecule has 0 aromatic heterocycles. The summed E-state index contributed by atoms with van der Waals surface area (Å²) in [6, 6.07) is 17.7. The minimum absolute atomic E-state index is 0.233. The summed E-state index contributed by atoms with van der Waals surface area (Å²) in [6.45, 7) is 1.67. The molecule has 0 atom stereocenters. The molecule has 2 aromatic rings. The minimum Gasteiger partial charge on any atom is -0.469 e. The molecule has 1 saturated carbocycles. The minimum atomic E-state index is -0.233. The van der Waals surface area contributed by atoms with Crippen molar-refractivity contribution in [3.63, 3.8) is 0 Å². The van der Waals surface area contributed by atoms with Crippen molar-refractivity contribution in [2.24, 2.45) is 5.92 Å². The first kappa shape index (κ1) is 19.4. The largest absolute Gasteiger partial charge is 0.469 e. The Morgan fingerprint density at radius 1 is 1.04 bits per heavy atom. The lowest BCUT2D eigenvalue weighted by atomic mass is 9.83. The Hall–Kier alpha value is -2.37. The summed E-state index contributed by atoms with van der Waals surface area (Å²) in [5.41, 5.74) is 1.10. The van der Waals surface area contributed by atoms with Gasteiger partial charge in [0.1, 0.15) is 11.5 Å². The molecule has 1 aliphatic rings. The van der Waals surface area contributed by atoms with Gasteiger partial charge in [-0.25, -0.2) is 0 Å². The van der Waals surface area contributed by atoms with Crippen molar-refractivity contribution in [3.8, 4) is 11.5 Å². The van der Waals surface area contributed by atoms with E-state index in [0.29, 0.717) is 32.2 Å². The van der Waals surface area contributed by atoms with Crippen LogP contribution in [0.2, 0.25) is 0 Å². The van der Waals surface area contributed by atoms with Crippen molar-refractivity contribution in [1.29, 1.82) is 0 Å². The van der Waals surface area contributed by atoms with E-state index < -0.39 is 0 Å².